The quantitative estimate of drug-likeness (QED) is 0.832. The average molecular weight is 352 g/mol. The van der Waals surface area contributed by atoms with Crippen LogP contribution in [0.1, 0.15) is 43.2 Å². The molecule has 2 nitrogen and oxygen atoms in total. The van der Waals surface area contributed by atoms with Crippen molar-refractivity contribution in [1.29, 1.82) is 0 Å². The van der Waals surface area contributed by atoms with Gasteiger partial charge in [0.15, 0.2) is 0 Å². The Kier molecular flexibility index (Phi) is 4.35. The van der Waals surface area contributed by atoms with Gasteiger partial charge in [-0.05, 0) is 40.9 Å². The van der Waals surface area contributed by atoms with Crippen molar-refractivity contribution < 1.29 is 18.3 Å². The zero-order valence-corrected chi connectivity index (χ0v) is 12.5. The molecule has 0 radical (unpaired) electrons. The number of halogens is 4. The van der Waals surface area contributed by atoms with Crippen molar-refractivity contribution in [2.24, 2.45) is 5.73 Å². The normalized spacial score (nSPS) is 19.1. The monoisotopic (exact) mass is 351 g/mol. The number of rotatable bonds is 2. The Labute approximate surface area is 124 Å². The van der Waals surface area contributed by atoms with Crippen LogP contribution in [0.25, 0.3) is 0 Å². The highest BCUT2D eigenvalue weighted by Crippen LogP contribution is 2.46. The first-order valence-electron chi connectivity index (χ1n) is 6.60. The number of phenolic OH excluding ortho intramolecular Hbond substituents is 1. The van der Waals surface area contributed by atoms with Gasteiger partial charge in [0.1, 0.15) is 5.75 Å². The summed E-state index contributed by atoms with van der Waals surface area (Å²) in [7, 11) is 0. The van der Waals surface area contributed by atoms with Crippen LogP contribution in [-0.2, 0) is 11.6 Å². The van der Waals surface area contributed by atoms with Crippen LogP contribution >= 0.6 is 15.9 Å². The molecule has 1 aromatic carbocycles. The molecule has 0 amide bonds. The van der Waals surface area contributed by atoms with Crippen LogP contribution in [0.2, 0.25) is 0 Å². The lowest BCUT2D eigenvalue weighted by Gasteiger charge is -2.37. The maximum atomic E-state index is 12.9. The largest absolute Gasteiger partial charge is 0.506 e. The Balaban J connectivity index is 2.57. The highest BCUT2D eigenvalue weighted by atomic mass is 79.9. The lowest BCUT2D eigenvalue weighted by molar-refractivity contribution is -0.137. The van der Waals surface area contributed by atoms with Gasteiger partial charge < -0.3 is 10.8 Å². The molecule has 0 saturated heterocycles. The van der Waals surface area contributed by atoms with Crippen LogP contribution in [0, 0.1) is 0 Å². The minimum absolute atomic E-state index is 0.0701. The molecule has 6 heteroatoms. The second-order valence-electron chi connectivity index (χ2n) is 5.40. The number of hydrogen-bond acceptors (Lipinski definition) is 2. The fraction of sp³-hybridized carbons (Fsp3) is 0.571. The van der Waals surface area contributed by atoms with E-state index in [1.165, 1.54) is 0 Å². The molecule has 0 aliphatic heterocycles. The van der Waals surface area contributed by atoms with Crippen LogP contribution in [-0.4, -0.2) is 11.7 Å². The van der Waals surface area contributed by atoms with Crippen molar-refractivity contribution in [2.75, 3.05) is 6.54 Å². The number of alkyl halides is 3. The van der Waals surface area contributed by atoms with Gasteiger partial charge in [-0.25, -0.2) is 0 Å². The minimum atomic E-state index is -4.44. The third kappa shape index (κ3) is 2.81. The molecule has 0 spiro atoms. The van der Waals surface area contributed by atoms with Crippen molar-refractivity contribution in [3.8, 4) is 5.75 Å². The van der Waals surface area contributed by atoms with E-state index in [2.05, 4.69) is 15.9 Å². The van der Waals surface area contributed by atoms with E-state index in [9.17, 15) is 18.3 Å². The highest BCUT2D eigenvalue weighted by molar-refractivity contribution is 9.10. The molecule has 1 aliphatic carbocycles. The summed E-state index contributed by atoms with van der Waals surface area (Å²) in [4.78, 5) is 0. The van der Waals surface area contributed by atoms with Gasteiger partial charge in [-0.3, -0.25) is 0 Å². The first-order chi connectivity index (χ1) is 9.30. The van der Waals surface area contributed by atoms with Gasteiger partial charge in [0.2, 0.25) is 0 Å². The fourth-order valence-corrected chi connectivity index (χ4v) is 3.44. The SMILES string of the molecule is NCC1(c2cc(C(F)(F)F)cc(Br)c2O)CCCCC1. The molecule has 1 saturated carbocycles. The van der Waals surface area contributed by atoms with E-state index in [0.717, 1.165) is 31.4 Å². The summed E-state index contributed by atoms with van der Waals surface area (Å²) in [6.45, 7) is 0.244. The van der Waals surface area contributed by atoms with Gasteiger partial charge in [-0.1, -0.05) is 19.3 Å². The topological polar surface area (TPSA) is 46.2 Å². The molecule has 0 aromatic heterocycles. The third-order valence-electron chi connectivity index (χ3n) is 4.16. The van der Waals surface area contributed by atoms with Gasteiger partial charge in [0, 0.05) is 17.5 Å². The smallest absolute Gasteiger partial charge is 0.416 e. The summed E-state index contributed by atoms with van der Waals surface area (Å²) in [6.07, 6.45) is -0.108. The molecule has 1 aliphatic rings. The lowest BCUT2D eigenvalue weighted by Crippen LogP contribution is -2.37. The van der Waals surface area contributed by atoms with Crippen molar-refractivity contribution in [1.82, 2.24) is 0 Å². The van der Waals surface area contributed by atoms with E-state index in [0.29, 0.717) is 18.4 Å². The summed E-state index contributed by atoms with van der Waals surface area (Å²) in [5.74, 6) is -0.120. The number of aromatic hydroxyl groups is 1. The van der Waals surface area contributed by atoms with E-state index in [-0.39, 0.29) is 16.8 Å². The summed E-state index contributed by atoms with van der Waals surface area (Å²) in [5.41, 5.74) is 4.86. The van der Waals surface area contributed by atoms with Crippen LogP contribution in [0.3, 0.4) is 0 Å². The van der Waals surface area contributed by atoms with E-state index in [4.69, 9.17) is 5.73 Å². The summed E-state index contributed by atoms with van der Waals surface area (Å²) in [5, 5.41) is 10.2. The van der Waals surface area contributed by atoms with Crippen LogP contribution in [0.5, 0.6) is 5.75 Å². The summed E-state index contributed by atoms with van der Waals surface area (Å²) in [6, 6.07) is 1.96. The number of benzene rings is 1. The average Bonchev–Trinajstić information content (AvgIpc) is 2.41. The molecule has 20 heavy (non-hydrogen) atoms. The van der Waals surface area contributed by atoms with Gasteiger partial charge in [0.25, 0.3) is 0 Å². The van der Waals surface area contributed by atoms with Gasteiger partial charge >= 0.3 is 6.18 Å². The van der Waals surface area contributed by atoms with Crippen molar-refractivity contribution in [3.63, 3.8) is 0 Å². The zero-order chi connectivity index (χ0) is 15.0. The highest BCUT2D eigenvalue weighted by Gasteiger charge is 2.39. The van der Waals surface area contributed by atoms with Crippen LogP contribution in [0.15, 0.2) is 16.6 Å². The first-order valence-corrected chi connectivity index (χ1v) is 7.40. The predicted octanol–water partition coefficient (Wildman–Crippen LogP) is 4.33. The van der Waals surface area contributed by atoms with Gasteiger partial charge in [0.05, 0.1) is 10.0 Å². The molecular formula is C14H17BrF3NO. The molecule has 0 bridgehead atoms. The second-order valence-corrected chi connectivity index (χ2v) is 6.25. The Morgan fingerprint density at radius 2 is 1.80 bits per heavy atom. The van der Waals surface area contributed by atoms with E-state index < -0.39 is 17.2 Å². The molecule has 112 valence electrons. The third-order valence-corrected chi connectivity index (χ3v) is 4.77. The Morgan fingerprint density at radius 3 is 2.30 bits per heavy atom. The molecule has 0 atom stereocenters. The Bertz CT molecular complexity index is 496. The molecule has 1 fully saturated rings. The first kappa shape index (κ1) is 15.6. The van der Waals surface area contributed by atoms with Crippen LogP contribution in [0.4, 0.5) is 13.2 Å². The minimum Gasteiger partial charge on any atom is -0.506 e. The Morgan fingerprint density at radius 1 is 1.20 bits per heavy atom. The molecule has 0 unspecified atom stereocenters. The molecule has 1 aromatic rings. The predicted molar refractivity (Wildman–Crippen MR) is 74.6 cm³/mol. The molecule has 3 N–H and O–H groups in total. The number of nitrogens with two attached hydrogens (primary N) is 1. The summed E-state index contributed by atoms with van der Waals surface area (Å²) < 4.78 is 38.9. The van der Waals surface area contributed by atoms with Gasteiger partial charge in [-0.2, -0.15) is 13.2 Å². The standard InChI is InChI=1S/C14H17BrF3NO/c15-11-7-9(14(16,17)18)6-10(12(11)20)13(8-19)4-2-1-3-5-13/h6-7,20H,1-5,8,19H2. The molecular weight excluding hydrogens is 335 g/mol. The van der Waals surface area contributed by atoms with Crippen molar-refractivity contribution >= 4 is 15.9 Å². The lowest BCUT2D eigenvalue weighted by atomic mass is 9.69. The fourth-order valence-electron chi connectivity index (χ4n) is 2.98. The number of phenols is 1. The second kappa shape index (κ2) is 5.56. The zero-order valence-electron chi connectivity index (χ0n) is 10.9. The van der Waals surface area contributed by atoms with E-state index >= 15 is 0 Å². The Hall–Kier alpha value is -0.750. The van der Waals surface area contributed by atoms with Crippen molar-refractivity contribution in [3.05, 3.63) is 27.7 Å². The van der Waals surface area contributed by atoms with E-state index in [1.807, 2.05) is 0 Å². The van der Waals surface area contributed by atoms with Crippen LogP contribution < -0.4 is 5.73 Å². The molecule has 0 heterocycles. The maximum absolute atomic E-state index is 12.9. The number of hydrogen-bond donors (Lipinski definition) is 2. The van der Waals surface area contributed by atoms with E-state index in [1.54, 1.807) is 0 Å². The maximum Gasteiger partial charge on any atom is 0.416 e. The van der Waals surface area contributed by atoms with Crippen molar-refractivity contribution in [2.45, 2.75) is 43.7 Å². The van der Waals surface area contributed by atoms with Gasteiger partial charge in [-0.15, -0.1) is 0 Å². The molecule has 2 rings (SSSR count). The summed E-state index contributed by atoms with van der Waals surface area (Å²) >= 11 is 3.02.